The lowest BCUT2D eigenvalue weighted by Gasteiger charge is -2.24. The predicted octanol–water partition coefficient (Wildman–Crippen LogP) is 3.68. The second kappa shape index (κ2) is 9.78. The van der Waals surface area contributed by atoms with Crippen LogP contribution in [-0.4, -0.2) is 32.1 Å². The molecule has 0 aliphatic carbocycles. The van der Waals surface area contributed by atoms with Crippen molar-refractivity contribution in [2.75, 3.05) is 30.4 Å². The lowest BCUT2D eigenvalue weighted by molar-refractivity contribution is -0.120. The van der Waals surface area contributed by atoms with Gasteiger partial charge in [-0.15, -0.1) is 0 Å². The van der Waals surface area contributed by atoms with Crippen molar-refractivity contribution in [1.82, 2.24) is 10.6 Å². The predicted molar refractivity (Wildman–Crippen MR) is 113 cm³/mol. The van der Waals surface area contributed by atoms with Crippen molar-refractivity contribution < 1.29 is 9.59 Å². The Labute approximate surface area is 166 Å². The number of rotatable bonds is 5. The summed E-state index contributed by atoms with van der Waals surface area (Å²) in [6, 6.07) is 16.4. The maximum Gasteiger partial charge on any atom is 0.321 e. The van der Waals surface area contributed by atoms with E-state index in [1.807, 2.05) is 42.5 Å². The second-order valence-corrected chi connectivity index (χ2v) is 7.00. The van der Waals surface area contributed by atoms with E-state index in [9.17, 15) is 9.59 Å². The maximum atomic E-state index is 12.6. The van der Waals surface area contributed by atoms with E-state index in [1.54, 1.807) is 0 Å². The molecular formula is C22H28N4O2. The molecule has 0 saturated carbocycles. The Kier molecular flexibility index (Phi) is 6.89. The van der Waals surface area contributed by atoms with Gasteiger partial charge in [0.15, 0.2) is 0 Å². The lowest BCUT2D eigenvalue weighted by Crippen LogP contribution is -2.42. The van der Waals surface area contributed by atoms with Crippen molar-refractivity contribution in [3.05, 3.63) is 60.2 Å². The molecule has 2 aromatic rings. The van der Waals surface area contributed by atoms with E-state index in [4.69, 9.17) is 0 Å². The number of nitrogens with one attached hydrogen (secondary N) is 3. The Morgan fingerprint density at radius 2 is 1.54 bits per heavy atom. The van der Waals surface area contributed by atoms with Crippen molar-refractivity contribution in [3.8, 4) is 0 Å². The number of urea groups is 1. The molecule has 1 fully saturated rings. The topological polar surface area (TPSA) is 73.5 Å². The van der Waals surface area contributed by atoms with E-state index in [-0.39, 0.29) is 0 Å². The fourth-order valence-corrected chi connectivity index (χ4v) is 3.46. The number of amides is 3. The van der Waals surface area contributed by atoms with Crippen molar-refractivity contribution in [2.24, 2.45) is 0 Å². The number of imide groups is 1. The normalized spacial score (nSPS) is 15.2. The van der Waals surface area contributed by atoms with Gasteiger partial charge in [0.2, 0.25) is 0 Å². The van der Waals surface area contributed by atoms with E-state index >= 15 is 0 Å². The van der Waals surface area contributed by atoms with E-state index < -0.39 is 18.0 Å². The van der Waals surface area contributed by atoms with Gasteiger partial charge in [-0.1, -0.05) is 43.2 Å². The molecule has 0 unspecified atom stereocenters. The largest absolute Gasteiger partial charge is 0.372 e. The highest BCUT2D eigenvalue weighted by molar-refractivity contribution is 5.98. The van der Waals surface area contributed by atoms with Crippen LogP contribution in [-0.2, 0) is 4.79 Å². The summed E-state index contributed by atoms with van der Waals surface area (Å²) < 4.78 is 0. The van der Waals surface area contributed by atoms with E-state index in [1.165, 1.54) is 38.4 Å². The second-order valence-electron chi connectivity index (χ2n) is 7.00. The van der Waals surface area contributed by atoms with Gasteiger partial charge in [-0.05, 0) is 42.7 Å². The van der Waals surface area contributed by atoms with Crippen molar-refractivity contribution in [2.45, 2.75) is 31.7 Å². The zero-order valence-corrected chi connectivity index (χ0v) is 16.3. The molecule has 0 bridgehead atoms. The first-order chi connectivity index (χ1) is 13.7. The summed E-state index contributed by atoms with van der Waals surface area (Å²) in [5, 5.41) is 8.03. The summed E-state index contributed by atoms with van der Waals surface area (Å²) in [6.07, 6.45) is 5.07. The zero-order valence-electron chi connectivity index (χ0n) is 16.3. The monoisotopic (exact) mass is 380 g/mol. The molecule has 0 radical (unpaired) electrons. The molecule has 1 heterocycles. The average Bonchev–Trinajstić information content (AvgIpc) is 3.02. The standard InChI is InChI=1S/C22H28N4O2/c1-23-22(28)25-21(27)20(17-9-5-4-6-10-17)24-18-11-13-19(14-12-18)26-15-7-2-3-8-16-26/h4-6,9-14,20,24H,2-3,7-8,15-16H2,1H3,(H2,23,25,27,28)/t20-/m0/s1. The molecule has 1 saturated heterocycles. The molecule has 6 nitrogen and oxygen atoms in total. The molecule has 3 N–H and O–H groups in total. The number of nitrogens with zero attached hydrogens (tertiary/aromatic N) is 1. The van der Waals surface area contributed by atoms with Gasteiger partial charge in [0.25, 0.3) is 5.91 Å². The quantitative estimate of drug-likeness (QED) is 0.740. The molecule has 2 aromatic carbocycles. The minimum Gasteiger partial charge on any atom is -0.372 e. The van der Waals surface area contributed by atoms with Crippen LogP contribution in [0.25, 0.3) is 0 Å². The van der Waals surface area contributed by atoms with Gasteiger partial charge in [-0.3, -0.25) is 10.1 Å². The Morgan fingerprint density at radius 1 is 0.893 bits per heavy atom. The fraction of sp³-hybridized carbons (Fsp3) is 0.364. The first-order valence-electron chi connectivity index (χ1n) is 9.86. The smallest absolute Gasteiger partial charge is 0.321 e. The third-order valence-corrected chi connectivity index (χ3v) is 5.01. The number of carbonyl (C=O) groups is 2. The SMILES string of the molecule is CNC(=O)NC(=O)[C@@H](Nc1ccc(N2CCCCCC2)cc1)c1ccccc1. The fourth-order valence-electron chi connectivity index (χ4n) is 3.46. The Bertz CT molecular complexity index is 769. The van der Waals surface area contributed by atoms with Crippen LogP contribution in [0.5, 0.6) is 0 Å². The molecule has 3 amide bonds. The molecule has 0 aromatic heterocycles. The molecule has 28 heavy (non-hydrogen) atoms. The van der Waals surface area contributed by atoms with Crippen LogP contribution in [0.15, 0.2) is 54.6 Å². The summed E-state index contributed by atoms with van der Waals surface area (Å²) in [6.45, 7) is 2.18. The summed E-state index contributed by atoms with van der Waals surface area (Å²) >= 11 is 0. The van der Waals surface area contributed by atoms with Gasteiger partial charge < -0.3 is 15.5 Å². The van der Waals surface area contributed by atoms with Crippen molar-refractivity contribution in [1.29, 1.82) is 0 Å². The Morgan fingerprint density at radius 3 is 2.14 bits per heavy atom. The third kappa shape index (κ3) is 5.25. The van der Waals surface area contributed by atoms with Gasteiger partial charge in [-0.25, -0.2) is 4.79 Å². The number of carbonyl (C=O) groups excluding carboxylic acids is 2. The molecule has 1 atom stereocenters. The van der Waals surface area contributed by atoms with Crippen molar-refractivity contribution in [3.63, 3.8) is 0 Å². The van der Waals surface area contributed by atoms with Gasteiger partial charge >= 0.3 is 6.03 Å². The van der Waals surface area contributed by atoms with Crippen molar-refractivity contribution >= 4 is 23.3 Å². The Hall–Kier alpha value is -3.02. The summed E-state index contributed by atoms with van der Waals surface area (Å²) in [7, 11) is 1.48. The van der Waals surface area contributed by atoms with Crippen LogP contribution in [0.3, 0.4) is 0 Å². The highest BCUT2D eigenvalue weighted by Gasteiger charge is 2.22. The molecule has 148 valence electrons. The zero-order chi connectivity index (χ0) is 19.8. The number of anilines is 2. The van der Waals surface area contributed by atoms with Crippen LogP contribution in [0.1, 0.15) is 37.3 Å². The van der Waals surface area contributed by atoms with Gasteiger partial charge in [0.05, 0.1) is 0 Å². The molecule has 0 spiro atoms. The van der Waals surface area contributed by atoms with Gasteiger partial charge in [0, 0.05) is 31.5 Å². The molecule has 1 aliphatic rings. The van der Waals surface area contributed by atoms with E-state index in [0.717, 1.165) is 24.3 Å². The highest BCUT2D eigenvalue weighted by Crippen LogP contribution is 2.24. The number of benzene rings is 2. The van der Waals surface area contributed by atoms with Crippen LogP contribution in [0.2, 0.25) is 0 Å². The first kappa shape index (κ1) is 19.7. The van der Waals surface area contributed by atoms with Gasteiger partial charge in [-0.2, -0.15) is 0 Å². The minimum atomic E-state index is -0.664. The van der Waals surface area contributed by atoms with Crippen LogP contribution < -0.4 is 20.9 Å². The number of hydrogen-bond acceptors (Lipinski definition) is 4. The molecule has 1 aliphatic heterocycles. The average molecular weight is 380 g/mol. The van der Waals surface area contributed by atoms with Crippen LogP contribution >= 0.6 is 0 Å². The highest BCUT2D eigenvalue weighted by atomic mass is 16.2. The summed E-state index contributed by atoms with van der Waals surface area (Å²) in [5.41, 5.74) is 2.83. The summed E-state index contributed by atoms with van der Waals surface area (Å²) in [5.74, 6) is -0.401. The summed E-state index contributed by atoms with van der Waals surface area (Å²) in [4.78, 5) is 26.6. The van der Waals surface area contributed by atoms with Gasteiger partial charge in [0.1, 0.15) is 6.04 Å². The maximum absolute atomic E-state index is 12.6. The molecule has 6 heteroatoms. The lowest BCUT2D eigenvalue weighted by atomic mass is 10.1. The van der Waals surface area contributed by atoms with E-state index in [0.29, 0.717) is 0 Å². The van der Waals surface area contributed by atoms with Crippen LogP contribution in [0.4, 0.5) is 16.2 Å². The first-order valence-corrected chi connectivity index (χ1v) is 9.86. The molecular weight excluding hydrogens is 352 g/mol. The third-order valence-electron chi connectivity index (χ3n) is 5.01. The Balaban J connectivity index is 1.74. The molecule has 3 rings (SSSR count). The number of hydrogen-bond donors (Lipinski definition) is 3. The van der Waals surface area contributed by atoms with Crippen LogP contribution in [0, 0.1) is 0 Å². The minimum absolute atomic E-state index is 0.401. The van der Waals surface area contributed by atoms with E-state index in [2.05, 4.69) is 33.0 Å².